The molecule has 0 heterocycles. The Hall–Kier alpha value is -0.610. The van der Waals surface area contributed by atoms with Gasteiger partial charge in [-0.2, -0.15) is 0 Å². The summed E-state index contributed by atoms with van der Waals surface area (Å²) in [5.41, 5.74) is 6.11. The molecule has 0 fully saturated rings. The van der Waals surface area contributed by atoms with Crippen molar-refractivity contribution in [3.63, 3.8) is 0 Å². The number of nitrogens with two attached hydrogens (primary N) is 1. The van der Waals surface area contributed by atoms with Crippen molar-refractivity contribution in [2.24, 2.45) is 11.7 Å². The summed E-state index contributed by atoms with van der Waals surface area (Å²) < 4.78 is 19.5. The third-order valence-corrected chi connectivity index (χ3v) is 2.94. The van der Waals surface area contributed by atoms with Gasteiger partial charge in [0, 0.05) is 5.56 Å². The van der Waals surface area contributed by atoms with Gasteiger partial charge in [-0.15, -0.1) is 0 Å². The molecule has 0 aliphatic heterocycles. The van der Waals surface area contributed by atoms with E-state index in [-0.39, 0.29) is 11.7 Å². The molecule has 0 amide bonds. The van der Waals surface area contributed by atoms with Crippen LogP contribution in [0.15, 0.2) is 16.6 Å². The van der Waals surface area contributed by atoms with E-state index in [0.29, 0.717) is 24.3 Å². The molecule has 1 atom stereocenters. The van der Waals surface area contributed by atoms with Crippen molar-refractivity contribution in [2.45, 2.75) is 13.3 Å². The first-order valence-electron chi connectivity index (χ1n) is 4.81. The number of halogens is 2. The smallest absolute Gasteiger partial charge is 0.139 e. The van der Waals surface area contributed by atoms with E-state index in [1.807, 2.05) is 6.92 Å². The number of rotatable bonds is 4. The highest BCUT2D eigenvalue weighted by atomic mass is 79.9. The molecule has 1 unspecified atom stereocenters. The monoisotopic (exact) mass is 275 g/mol. The molecular formula is C11H15BrFNO. The highest BCUT2D eigenvalue weighted by Gasteiger charge is 2.15. The fourth-order valence-electron chi connectivity index (χ4n) is 1.42. The molecule has 0 saturated heterocycles. The standard InChI is InChI=1S/C11H15BrFNO/c1-7(6-14)5-8-10(13)4-3-9(12)11(8)15-2/h3-4,7H,5-6,14H2,1-2H3. The molecule has 0 bridgehead atoms. The van der Waals surface area contributed by atoms with Crippen LogP contribution in [0.25, 0.3) is 0 Å². The lowest BCUT2D eigenvalue weighted by Crippen LogP contribution is -2.14. The fourth-order valence-corrected chi connectivity index (χ4v) is 1.95. The Balaban J connectivity index is 3.08. The van der Waals surface area contributed by atoms with E-state index in [0.717, 1.165) is 4.47 Å². The van der Waals surface area contributed by atoms with E-state index < -0.39 is 0 Å². The third-order valence-electron chi connectivity index (χ3n) is 2.31. The molecule has 1 rings (SSSR count). The predicted octanol–water partition coefficient (Wildman–Crippen LogP) is 2.73. The minimum atomic E-state index is -0.240. The van der Waals surface area contributed by atoms with E-state index in [9.17, 15) is 4.39 Å². The maximum Gasteiger partial charge on any atom is 0.139 e. The SMILES string of the molecule is COc1c(Br)ccc(F)c1CC(C)CN. The molecule has 0 aromatic heterocycles. The van der Waals surface area contributed by atoms with E-state index in [1.54, 1.807) is 6.07 Å². The number of ether oxygens (including phenoxy) is 1. The van der Waals surface area contributed by atoms with Crippen molar-refractivity contribution in [2.75, 3.05) is 13.7 Å². The number of benzene rings is 1. The van der Waals surface area contributed by atoms with Crippen LogP contribution in [0.4, 0.5) is 4.39 Å². The molecule has 0 aliphatic carbocycles. The van der Waals surface area contributed by atoms with Crippen LogP contribution in [-0.4, -0.2) is 13.7 Å². The summed E-state index contributed by atoms with van der Waals surface area (Å²) in [4.78, 5) is 0. The molecule has 0 spiro atoms. The Morgan fingerprint density at radius 3 is 2.73 bits per heavy atom. The van der Waals surface area contributed by atoms with E-state index >= 15 is 0 Å². The summed E-state index contributed by atoms with van der Waals surface area (Å²) in [6.07, 6.45) is 0.588. The average Bonchev–Trinajstić information content (AvgIpc) is 2.23. The van der Waals surface area contributed by atoms with Gasteiger partial charge in [0.15, 0.2) is 0 Å². The highest BCUT2D eigenvalue weighted by molar-refractivity contribution is 9.10. The second kappa shape index (κ2) is 5.47. The van der Waals surface area contributed by atoms with Gasteiger partial charge in [-0.05, 0) is 46.9 Å². The summed E-state index contributed by atoms with van der Waals surface area (Å²) in [6, 6.07) is 3.08. The largest absolute Gasteiger partial charge is 0.495 e. The van der Waals surface area contributed by atoms with Gasteiger partial charge < -0.3 is 10.5 Å². The molecule has 84 valence electrons. The lowest BCUT2D eigenvalue weighted by atomic mass is 10.00. The molecule has 15 heavy (non-hydrogen) atoms. The molecule has 1 aromatic rings. The van der Waals surface area contributed by atoms with Crippen LogP contribution in [0.3, 0.4) is 0 Å². The molecule has 0 saturated carbocycles. The van der Waals surface area contributed by atoms with Crippen LogP contribution in [0, 0.1) is 11.7 Å². The van der Waals surface area contributed by atoms with Crippen LogP contribution in [0.1, 0.15) is 12.5 Å². The summed E-state index contributed by atoms with van der Waals surface area (Å²) in [6.45, 7) is 2.52. The van der Waals surface area contributed by atoms with Gasteiger partial charge >= 0.3 is 0 Å². The minimum Gasteiger partial charge on any atom is -0.495 e. The average molecular weight is 276 g/mol. The van der Waals surface area contributed by atoms with Crippen molar-refractivity contribution in [1.29, 1.82) is 0 Å². The summed E-state index contributed by atoms with van der Waals surface area (Å²) in [7, 11) is 1.54. The maximum absolute atomic E-state index is 13.6. The zero-order valence-electron chi connectivity index (χ0n) is 8.89. The Kier molecular flexibility index (Phi) is 4.54. The summed E-state index contributed by atoms with van der Waals surface area (Å²) >= 11 is 3.33. The quantitative estimate of drug-likeness (QED) is 0.917. The minimum absolute atomic E-state index is 0.239. The Morgan fingerprint density at radius 2 is 2.20 bits per heavy atom. The lowest BCUT2D eigenvalue weighted by Gasteiger charge is -2.14. The first kappa shape index (κ1) is 12.5. The van der Waals surface area contributed by atoms with Crippen LogP contribution in [0.5, 0.6) is 5.75 Å². The Morgan fingerprint density at radius 1 is 1.53 bits per heavy atom. The van der Waals surface area contributed by atoms with Gasteiger partial charge in [-0.1, -0.05) is 6.92 Å². The topological polar surface area (TPSA) is 35.2 Å². The van der Waals surface area contributed by atoms with Gasteiger partial charge in [0.2, 0.25) is 0 Å². The van der Waals surface area contributed by atoms with Gasteiger partial charge in [0.05, 0.1) is 11.6 Å². The van der Waals surface area contributed by atoms with E-state index in [4.69, 9.17) is 10.5 Å². The summed E-state index contributed by atoms with van der Waals surface area (Å²) in [5, 5.41) is 0. The van der Waals surface area contributed by atoms with Gasteiger partial charge in [0.25, 0.3) is 0 Å². The molecule has 2 nitrogen and oxygen atoms in total. The first-order chi connectivity index (χ1) is 7.10. The second-order valence-electron chi connectivity index (χ2n) is 3.59. The molecule has 4 heteroatoms. The number of hydrogen-bond donors (Lipinski definition) is 1. The van der Waals surface area contributed by atoms with Gasteiger partial charge in [-0.25, -0.2) is 4.39 Å². The van der Waals surface area contributed by atoms with Crippen LogP contribution in [0.2, 0.25) is 0 Å². The molecule has 0 radical (unpaired) electrons. The zero-order valence-corrected chi connectivity index (χ0v) is 10.5. The number of methoxy groups -OCH3 is 1. The lowest BCUT2D eigenvalue weighted by molar-refractivity contribution is 0.396. The summed E-state index contributed by atoms with van der Waals surface area (Å²) in [5.74, 6) is 0.563. The zero-order chi connectivity index (χ0) is 11.4. The molecule has 1 aromatic carbocycles. The van der Waals surface area contributed by atoms with Crippen molar-refractivity contribution >= 4 is 15.9 Å². The van der Waals surface area contributed by atoms with Gasteiger partial charge in [-0.3, -0.25) is 0 Å². The Labute approximate surface area is 97.7 Å². The first-order valence-corrected chi connectivity index (χ1v) is 5.60. The second-order valence-corrected chi connectivity index (χ2v) is 4.44. The molecule has 0 aliphatic rings. The Bertz CT molecular complexity index is 344. The normalized spacial score (nSPS) is 12.6. The van der Waals surface area contributed by atoms with Crippen LogP contribution >= 0.6 is 15.9 Å². The van der Waals surface area contributed by atoms with Crippen molar-refractivity contribution in [1.82, 2.24) is 0 Å². The van der Waals surface area contributed by atoms with E-state index in [1.165, 1.54) is 13.2 Å². The van der Waals surface area contributed by atoms with Crippen LogP contribution < -0.4 is 10.5 Å². The van der Waals surface area contributed by atoms with Crippen molar-refractivity contribution < 1.29 is 9.13 Å². The van der Waals surface area contributed by atoms with E-state index in [2.05, 4.69) is 15.9 Å². The number of hydrogen-bond acceptors (Lipinski definition) is 2. The highest BCUT2D eigenvalue weighted by Crippen LogP contribution is 2.32. The predicted molar refractivity (Wildman–Crippen MR) is 62.6 cm³/mol. The maximum atomic E-state index is 13.6. The van der Waals surface area contributed by atoms with Gasteiger partial charge in [0.1, 0.15) is 11.6 Å². The molecule has 2 N–H and O–H groups in total. The fraction of sp³-hybridized carbons (Fsp3) is 0.455. The van der Waals surface area contributed by atoms with Crippen molar-refractivity contribution in [3.05, 3.63) is 28.0 Å². The molecular weight excluding hydrogens is 261 g/mol. The third kappa shape index (κ3) is 2.92. The van der Waals surface area contributed by atoms with Crippen molar-refractivity contribution in [3.8, 4) is 5.75 Å². The van der Waals surface area contributed by atoms with Crippen LogP contribution in [-0.2, 0) is 6.42 Å².